The van der Waals surface area contributed by atoms with E-state index in [1.165, 1.54) is 0 Å². The first-order valence-corrected chi connectivity index (χ1v) is 5.66. The summed E-state index contributed by atoms with van der Waals surface area (Å²) < 4.78 is 0. The molecule has 0 aromatic heterocycles. The Hall–Kier alpha value is -1.82. The molecule has 0 nitrogen and oxygen atoms in total. The molecule has 90 valence electrons. The van der Waals surface area contributed by atoms with Crippen molar-refractivity contribution in [2.45, 2.75) is 20.3 Å². The summed E-state index contributed by atoms with van der Waals surface area (Å²) in [6.07, 6.45) is 12.5. The zero-order chi connectivity index (χ0) is 13.3. The van der Waals surface area contributed by atoms with Crippen LogP contribution in [0.3, 0.4) is 0 Å². The minimum atomic E-state index is 0.827. The summed E-state index contributed by atoms with van der Waals surface area (Å²) in [6.45, 7) is 19.5. The summed E-state index contributed by atoms with van der Waals surface area (Å²) in [5, 5.41) is 0. The summed E-state index contributed by atoms with van der Waals surface area (Å²) in [6, 6.07) is 0. The van der Waals surface area contributed by atoms with Crippen molar-refractivity contribution in [1.82, 2.24) is 0 Å². The predicted molar refractivity (Wildman–Crippen MR) is 79.9 cm³/mol. The highest BCUT2D eigenvalue weighted by Gasteiger charge is 1.94. The molecule has 0 heteroatoms. The average molecular weight is 226 g/mol. The lowest BCUT2D eigenvalue weighted by atomic mass is 10.0. The van der Waals surface area contributed by atoms with Gasteiger partial charge in [-0.3, -0.25) is 0 Å². The van der Waals surface area contributed by atoms with Crippen molar-refractivity contribution in [3.63, 3.8) is 0 Å². The van der Waals surface area contributed by atoms with Gasteiger partial charge in [0, 0.05) is 0 Å². The van der Waals surface area contributed by atoms with Crippen molar-refractivity contribution in [3.05, 3.63) is 85.1 Å². The summed E-state index contributed by atoms with van der Waals surface area (Å²) in [7, 11) is 0. The van der Waals surface area contributed by atoms with Crippen molar-refractivity contribution in [3.8, 4) is 0 Å². The molecular formula is C17H22. The SMILES string of the molecule is C=C/C=C(\C=C/C)C(=C)/C=C\C(=C)CC(=C)C. The summed E-state index contributed by atoms with van der Waals surface area (Å²) in [5.74, 6) is 0. The molecule has 0 bridgehead atoms. The van der Waals surface area contributed by atoms with Crippen LogP contribution in [0.4, 0.5) is 0 Å². The number of rotatable bonds is 7. The lowest BCUT2D eigenvalue weighted by Crippen LogP contribution is -1.82. The number of allylic oxidation sites excluding steroid dienone is 10. The minimum absolute atomic E-state index is 0.827. The normalized spacial score (nSPS) is 12.0. The average Bonchev–Trinajstić information content (AvgIpc) is 2.24. The molecule has 0 atom stereocenters. The predicted octanol–water partition coefficient (Wildman–Crippen LogP) is 5.31. The van der Waals surface area contributed by atoms with Crippen molar-refractivity contribution in [2.24, 2.45) is 0 Å². The Labute approximate surface area is 106 Å². The van der Waals surface area contributed by atoms with Gasteiger partial charge < -0.3 is 0 Å². The maximum Gasteiger partial charge on any atom is -0.00784 e. The van der Waals surface area contributed by atoms with Crippen molar-refractivity contribution < 1.29 is 0 Å². The van der Waals surface area contributed by atoms with Gasteiger partial charge in [0.2, 0.25) is 0 Å². The van der Waals surface area contributed by atoms with Crippen LogP contribution in [0.2, 0.25) is 0 Å². The van der Waals surface area contributed by atoms with E-state index in [4.69, 9.17) is 0 Å². The molecule has 17 heavy (non-hydrogen) atoms. The fraction of sp³-hybridized carbons (Fsp3) is 0.176. The Morgan fingerprint density at radius 3 is 2.18 bits per heavy atom. The van der Waals surface area contributed by atoms with E-state index in [1.807, 2.05) is 44.2 Å². The Morgan fingerprint density at radius 2 is 1.71 bits per heavy atom. The molecule has 0 aliphatic carbocycles. The van der Waals surface area contributed by atoms with E-state index >= 15 is 0 Å². The first kappa shape index (κ1) is 15.2. The largest absolute Gasteiger partial charge is 0.0998 e. The van der Waals surface area contributed by atoms with Gasteiger partial charge in [-0.15, -0.1) is 0 Å². The van der Waals surface area contributed by atoms with E-state index < -0.39 is 0 Å². The number of hydrogen-bond donors (Lipinski definition) is 0. The van der Waals surface area contributed by atoms with E-state index in [0.717, 1.165) is 28.7 Å². The van der Waals surface area contributed by atoms with Gasteiger partial charge in [0.05, 0.1) is 0 Å². The molecule has 0 fully saturated rings. The van der Waals surface area contributed by atoms with Gasteiger partial charge in [-0.2, -0.15) is 0 Å². The highest BCUT2D eigenvalue weighted by Crippen LogP contribution is 2.14. The Kier molecular flexibility index (Phi) is 7.45. The second-order valence-electron chi connectivity index (χ2n) is 4.01. The topological polar surface area (TPSA) is 0 Å². The molecule has 0 rings (SSSR count). The molecule has 0 saturated heterocycles. The van der Waals surface area contributed by atoms with Gasteiger partial charge in [0.25, 0.3) is 0 Å². The van der Waals surface area contributed by atoms with Gasteiger partial charge in [-0.1, -0.05) is 73.9 Å². The fourth-order valence-electron chi connectivity index (χ4n) is 1.34. The highest BCUT2D eigenvalue weighted by atomic mass is 14.0. The Balaban J connectivity index is 4.66. The maximum atomic E-state index is 4.03. The third kappa shape index (κ3) is 7.13. The van der Waals surface area contributed by atoms with E-state index in [9.17, 15) is 0 Å². The van der Waals surface area contributed by atoms with Crippen LogP contribution in [0.15, 0.2) is 85.1 Å². The highest BCUT2D eigenvalue weighted by molar-refractivity contribution is 5.47. The second kappa shape index (κ2) is 8.35. The quantitative estimate of drug-likeness (QED) is 0.407. The van der Waals surface area contributed by atoms with Gasteiger partial charge in [0.1, 0.15) is 0 Å². The fourth-order valence-corrected chi connectivity index (χ4v) is 1.34. The molecule has 0 spiro atoms. The lowest BCUT2D eigenvalue weighted by molar-refractivity contribution is 1.17. The van der Waals surface area contributed by atoms with Crippen molar-refractivity contribution in [1.29, 1.82) is 0 Å². The second-order valence-corrected chi connectivity index (χ2v) is 4.01. The van der Waals surface area contributed by atoms with Crippen LogP contribution in [0.5, 0.6) is 0 Å². The van der Waals surface area contributed by atoms with E-state index in [1.54, 1.807) is 6.08 Å². The van der Waals surface area contributed by atoms with E-state index in [0.29, 0.717) is 0 Å². The van der Waals surface area contributed by atoms with E-state index in [2.05, 4.69) is 26.3 Å². The molecule has 0 unspecified atom stereocenters. The maximum absolute atomic E-state index is 4.03. The van der Waals surface area contributed by atoms with Crippen LogP contribution in [0.25, 0.3) is 0 Å². The molecule has 0 N–H and O–H groups in total. The molecule has 0 saturated carbocycles. The van der Waals surface area contributed by atoms with Crippen LogP contribution in [0.1, 0.15) is 20.3 Å². The standard InChI is InChI=1S/C17H22/c1-7-9-17(10-8-2)16(6)12-11-15(5)13-14(3)4/h7-12H,1,3,5-6,13H2,2,4H3/b10-8-,12-11-,17-9+. The van der Waals surface area contributed by atoms with Gasteiger partial charge in [-0.05, 0) is 31.4 Å². The monoisotopic (exact) mass is 226 g/mol. The number of hydrogen-bond acceptors (Lipinski definition) is 0. The summed E-state index contributed by atoms with van der Waals surface area (Å²) in [5.41, 5.74) is 4.16. The van der Waals surface area contributed by atoms with Crippen LogP contribution >= 0.6 is 0 Å². The van der Waals surface area contributed by atoms with Gasteiger partial charge in [0.15, 0.2) is 0 Å². The zero-order valence-electron chi connectivity index (χ0n) is 11.0. The third-order valence-electron chi connectivity index (χ3n) is 2.06. The third-order valence-corrected chi connectivity index (χ3v) is 2.06. The summed E-state index contributed by atoms with van der Waals surface area (Å²) >= 11 is 0. The molecule has 0 aromatic carbocycles. The molecule has 0 heterocycles. The molecule has 0 aliphatic heterocycles. The summed E-state index contributed by atoms with van der Waals surface area (Å²) in [4.78, 5) is 0. The molecular weight excluding hydrogens is 204 g/mol. The van der Waals surface area contributed by atoms with Gasteiger partial charge in [-0.25, -0.2) is 0 Å². The van der Waals surface area contributed by atoms with E-state index in [-0.39, 0.29) is 0 Å². The minimum Gasteiger partial charge on any atom is -0.0998 e. The van der Waals surface area contributed by atoms with Crippen molar-refractivity contribution in [2.75, 3.05) is 0 Å². The molecule has 0 aromatic rings. The van der Waals surface area contributed by atoms with Crippen LogP contribution < -0.4 is 0 Å². The van der Waals surface area contributed by atoms with Crippen molar-refractivity contribution >= 4 is 0 Å². The smallest absolute Gasteiger partial charge is 0.00784 e. The molecule has 0 amide bonds. The van der Waals surface area contributed by atoms with Gasteiger partial charge >= 0.3 is 0 Å². The molecule has 0 radical (unpaired) electrons. The Bertz CT molecular complexity index is 398. The lowest BCUT2D eigenvalue weighted by Gasteiger charge is -2.02. The van der Waals surface area contributed by atoms with Crippen LogP contribution in [-0.4, -0.2) is 0 Å². The zero-order valence-corrected chi connectivity index (χ0v) is 11.0. The molecule has 0 aliphatic rings. The van der Waals surface area contributed by atoms with Crippen LogP contribution in [-0.2, 0) is 0 Å². The first-order valence-electron chi connectivity index (χ1n) is 5.66. The Morgan fingerprint density at radius 1 is 1.06 bits per heavy atom. The van der Waals surface area contributed by atoms with Crippen LogP contribution in [0, 0.1) is 0 Å². The first-order chi connectivity index (χ1) is 8.01.